The molecular weight excluding hydrogens is 116 g/mol. The van der Waals surface area contributed by atoms with Crippen molar-refractivity contribution >= 4 is 0 Å². The van der Waals surface area contributed by atoms with E-state index in [-0.39, 0.29) is 6.10 Å². The number of hydrogen-bond donors (Lipinski definition) is 0. The summed E-state index contributed by atoms with van der Waals surface area (Å²) in [5, 5.41) is 0. The smallest absolute Gasteiger partial charge is 0.177 e. The highest BCUT2D eigenvalue weighted by molar-refractivity contribution is 5.55. The highest BCUT2D eigenvalue weighted by Gasteiger charge is 2.41. The lowest BCUT2D eigenvalue weighted by Crippen LogP contribution is -2.00. The second kappa shape index (κ2) is 0.923. The molecule has 0 radical (unpaired) electrons. The Morgan fingerprint density at radius 2 is 2.44 bits per heavy atom. The molecule has 2 heteroatoms. The Balaban J connectivity index is 2.25. The Hall–Kier alpha value is -1.18. The molecule has 0 spiro atoms. The quantitative estimate of drug-likeness (QED) is 0.446. The van der Waals surface area contributed by atoms with E-state index in [0.717, 1.165) is 11.5 Å². The van der Waals surface area contributed by atoms with Gasteiger partial charge in [-0.15, -0.1) is 0 Å². The third-order valence-corrected chi connectivity index (χ3v) is 1.74. The molecule has 0 aromatic rings. The van der Waals surface area contributed by atoms with Crippen LogP contribution in [0.1, 0.15) is 0 Å². The van der Waals surface area contributed by atoms with Crippen LogP contribution < -0.4 is 0 Å². The fourth-order valence-corrected chi connectivity index (χ4v) is 1.23. The van der Waals surface area contributed by atoms with Crippen LogP contribution in [-0.4, -0.2) is 6.10 Å². The Morgan fingerprint density at radius 1 is 1.44 bits per heavy atom. The largest absolute Gasteiger partial charge is 0.489 e. The number of rotatable bonds is 0. The molecule has 2 nitrogen and oxygen atoms in total. The van der Waals surface area contributed by atoms with Gasteiger partial charge in [-0.3, -0.25) is 0 Å². The topological polar surface area (TPSA) is 21.8 Å². The van der Waals surface area contributed by atoms with Crippen molar-refractivity contribution in [2.24, 2.45) is 0 Å². The van der Waals surface area contributed by atoms with Gasteiger partial charge in [-0.05, 0) is 6.08 Å². The van der Waals surface area contributed by atoms with E-state index in [0.29, 0.717) is 0 Å². The SMILES string of the molecule is C1=CC2=C3OC3=CC2O1. The normalized spacial score (nSPS) is 32.9. The fourth-order valence-electron chi connectivity index (χ4n) is 1.23. The highest BCUT2D eigenvalue weighted by atomic mass is 16.6. The highest BCUT2D eigenvalue weighted by Crippen LogP contribution is 2.45. The molecule has 0 aromatic carbocycles. The van der Waals surface area contributed by atoms with E-state index >= 15 is 0 Å². The molecule has 1 saturated heterocycles. The van der Waals surface area contributed by atoms with Crippen LogP contribution in [0, 0.1) is 0 Å². The monoisotopic (exact) mass is 120 g/mol. The second-order valence-electron chi connectivity index (χ2n) is 2.28. The van der Waals surface area contributed by atoms with Crippen molar-refractivity contribution in [1.82, 2.24) is 0 Å². The predicted octanol–water partition coefficient (Wildman–Crippen LogP) is 1.08. The van der Waals surface area contributed by atoms with Crippen molar-refractivity contribution in [2.75, 3.05) is 0 Å². The van der Waals surface area contributed by atoms with E-state index in [2.05, 4.69) is 0 Å². The van der Waals surface area contributed by atoms with Gasteiger partial charge in [0.25, 0.3) is 0 Å². The molecule has 1 fully saturated rings. The zero-order chi connectivity index (χ0) is 5.84. The molecule has 2 aliphatic heterocycles. The van der Waals surface area contributed by atoms with E-state index in [1.54, 1.807) is 6.26 Å². The Kier molecular flexibility index (Phi) is 0.387. The maximum absolute atomic E-state index is 5.18. The summed E-state index contributed by atoms with van der Waals surface area (Å²) in [6.07, 6.45) is 5.84. The molecule has 0 saturated carbocycles. The number of fused-ring (bicyclic) bond motifs is 2. The predicted molar refractivity (Wildman–Crippen MR) is 30.2 cm³/mol. The van der Waals surface area contributed by atoms with Crippen molar-refractivity contribution in [3.8, 4) is 0 Å². The first-order chi connectivity index (χ1) is 4.45. The minimum Gasteiger partial charge on any atom is -0.489 e. The van der Waals surface area contributed by atoms with Crippen LogP contribution in [0.2, 0.25) is 0 Å². The van der Waals surface area contributed by atoms with Crippen molar-refractivity contribution in [3.05, 3.63) is 35.5 Å². The van der Waals surface area contributed by atoms with Gasteiger partial charge < -0.3 is 9.47 Å². The summed E-state index contributed by atoms with van der Waals surface area (Å²) in [5.74, 6) is 2.05. The second-order valence-corrected chi connectivity index (χ2v) is 2.28. The van der Waals surface area contributed by atoms with E-state index in [1.165, 1.54) is 5.57 Å². The van der Waals surface area contributed by atoms with Crippen molar-refractivity contribution in [1.29, 1.82) is 0 Å². The summed E-state index contributed by atoms with van der Waals surface area (Å²) in [5.41, 5.74) is 1.19. The Morgan fingerprint density at radius 3 is 3.33 bits per heavy atom. The van der Waals surface area contributed by atoms with Gasteiger partial charge in [-0.1, -0.05) is 0 Å². The molecule has 9 heavy (non-hydrogen) atoms. The molecule has 0 bridgehead atoms. The molecular formula is C7H4O2. The molecule has 2 heterocycles. The van der Waals surface area contributed by atoms with Crippen LogP contribution in [0.3, 0.4) is 0 Å². The van der Waals surface area contributed by atoms with Gasteiger partial charge in [0, 0.05) is 11.6 Å². The Labute approximate surface area is 52.1 Å². The number of ether oxygens (including phenoxy) is 2. The number of hydrogen-bond acceptors (Lipinski definition) is 2. The molecule has 0 aromatic heterocycles. The van der Waals surface area contributed by atoms with Gasteiger partial charge in [0.1, 0.15) is 6.10 Å². The van der Waals surface area contributed by atoms with E-state index < -0.39 is 0 Å². The van der Waals surface area contributed by atoms with E-state index in [1.807, 2.05) is 12.2 Å². The van der Waals surface area contributed by atoms with Gasteiger partial charge in [-0.2, -0.15) is 0 Å². The van der Waals surface area contributed by atoms with Crippen molar-refractivity contribution in [3.63, 3.8) is 0 Å². The summed E-state index contributed by atoms with van der Waals surface area (Å²) in [7, 11) is 0. The average molecular weight is 120 g/mol. The fraction of sp³-hybridized carbons (Fsp3) is 0.143. The third kappa shape index (κ3) is 0.304. The molecule has 44 valence electrons. The van der Waals surface area contributed by atoms with Gasteiger partial charge in [0.05, 0.1) is 6.26 Å². The molecule has 1 unspecified atom stereocenters. The first-order valence-corrected chi connectivity index (χ1v) is 2.91. The maximum atomic E-state index is 5.18. The lowest BCUT2D eigenvalue weighted by molar-refractivity contribution is 0.235. The standard InChI is InChI=1S/C7H4O2/c1-2-8-5-3-6-7(9-6)4(1)5/h1-3,5H. The minimum absolute atomic E-state index is 0.184. The van der Waals surface area contributed by atoms with Gasteiger partial charge in [-0.25, -0.2) is 0 Å². The van der Waals surface area contributed by atoms with Crippen LogP contribution in [0.15, 0.2) is 35.5 Å². The Bertz CT molecular complexity index is 271. The average Bonchev–Trinajstić information content (AvgIpc) is 2.38. The lowest BCUT2D eigenvalue weighted by Gasteiger charge is -2.00. The van der Waals surface area contributed by atoms with Crippen LogP contribution in [0.5, 0.6) is 0 Å². The molecule has 3 aliphatic rings. The zero-order valence-electron chi connectivity index (χ0n) is 4.63. The summed E-state index contributed by atoms with van der Waals surface area (Å²) in [6, 6.07) is 0. The van der Waals surface area contributed by atoms with Crippen molar-refractivity contribution < 1.29 is 9.47 Å². The maximum Gasteiger partial charge on any atom is 0.177 e. The van der Waals surface area contributed by atoms with Gasteiger partial charge in [0.15, 0.2) is 11.5 Å². The summed E-state index contributed by atoms with van der Waals surface area (Å²) < 4.78 is 10.3. The summed E-state index contributed by atoms with van der Waals surface area (Å²) in [6.45, 7) is 0. The van der Waals surface area contributed by atoms with Crippen LogP contribution in [0.25, 0.3) is 0 Å². The third-order valence-electron chi connectivity index (χ3n) is 1.74. The van der Waals surface area contributed by atoms with E-state index in [4.69, 9.17) is 9.47 Å². The van der Waals surface area contributed by atoms with Crippen LogP contribution in [0.4, 0.5) is 0 Å². The summed E-state index contributed by atoms with van der Waals surface area (Å²) >= 11 is 0. The summed E-state index contributed by atoms with van der Waals surface area (Å²) in [4.78, 5) is 0. The first-order valence-electron chi connectivity index (χ1n) is 2.91. The van der Waals surface area contributed by atoms with Crippen molar-refractivity contribution in [2.45, 2.75) is 6.10 Å². The first kappa shape index (κ1) is 3.77. The van der Waals surface area contributed by atoms with E-state index in [9.17, 15) is 0 Å². The lowest BCUT2D eigenvalue weighted by atomic mass is 10.2. The molecule has 0 amide bonds. The molecule has 3 rings (SSSR count). The molecule has 0 N–H and O–H groups in total. The van der Waals surface area contributed by atoms with Crippen LogP contribution >= 0.6 is 0 Å². The van der Waals surface area contributed by atoms with Gasteiger partial charge >= 0.3 is 0 Å². The number of epoxide rings is 1. The molecule has 1 aliphatic carbocycles. The minimum atomic E-state index is 0.184. The van der Waals surface area contributed by atoms with Crippen LogP contribution in [-0.2, 0) is 9.47 Å². The zero-order valence-corrected chi connectivity index (χ0v) is 4.63. The molecule has 1 atom stereocenters. The van der Waals surface area contributed by atoms with Gasteiger partial charge in [0.2, 0.25) is 0 Å².